The molecule has 1 aromatic heterocycles. The van der Waals surface area contributed by atoms with Crippen molar-refractivity contribution in [3.63, 3.8) is 0 Å². The summed E-state index contributed by atoms with van der Waals surface area (Å²) in [6.45, 7) is 1.64. The van der Waals surface area contributed by atoms with Crippen LogP contribution in [0.4, 0.5) is 21.6 Å². The molecule has 0 bridgehead atoms. The zero-order valence-electron chi connectivity index (χ0n) is 13.6. The zero-order valence-corrected chi connectivity index (χ0v) is 15.1. The molecule has 1 amide bonds. The van der Waals surface area contributed by atoms with Crippen molar-refractivity contribution in [1.82, 2.24) is 9.97 Å². The molecule has 0 fully saturated rings. The summed E-state index contributed by atoms with van der Waals surface area (Å²) in [7, 11) is 0. The molecule has 0 aliphatic carbocycles. The van der Waals surface area contributed by atoms with Gasteiger partial charge in [-0.1, -0.05) is 35.3 Å². The van der Waals surface area contributed by atoms with Gasteiger partial charge in [0.1, 0.15) is 23.2 Å². The van der Waals surface area contributed by atoms with Crippen LogP contribution in [-0.4, -0.2) is 15.9 Å². The number of anilines is 3. The average Bonchev–Trinajstić information content (AvgIpc) is 2.59. The Balaban J connectivity index is 1.85. The quantitative estimate of drug-likeness (QED) is 0.640. The second-order valence-electron chi connectivity index (χ2n) is 5.37. The van der Waals surface area contributed by atoms with E-state index in [1.165, 1.54) is 18.2 Å². The van der Waals surface area contributed by atoms with E-state index in [0.717, 1.165) is 0 Å². The van der Waals surface area contributed by atoms with Crippen LogP contribution >= 0.6 is 23.2 Å². The first-order valence-corrected chi connectivity index (χ1v) is 8.31. The Morgan fingerprint density at radius 2 is 1.81 bits per heavy atom. The highest BCUT2D eigenvalue weighted by Gasteiger charge is 2.13. The normalized spacial score (nSPS) is 10.5. The number of hydrogen-bond donors (Lipinski definition) is 2. The first-order valence-electron chi connectivity index (χ1n) is 7.56. The average molecular weight is 391 g/mol. The van der Waals surface area contributed by atoms with Gasteiger partial charge in [-0.25, -0.2) is 14.4 Å². The molecule has 0 atom stereocenters. The fourth-order valence-electron chi connectivity index (χ4n) is 2.23. The van der Waals surface area contributed by atoms with Gasteiger partial charge in [0, 0.05) is 11.1 Å². The maximum Gasteiger partial charge on any atom is 0.274 e. The molecular weight excluding hydrogens is 378 g/mol. The number of rotatable bonds is 4. The molecule has 1 heterocycles. The Hall–Kier alpha value is -2.70. The molecule has 0 unspecified atom stereocenters. The molecule has 3 rings (SSSR count). The molecule has 26 heavy (non-hydrogen) atoms. The summed E-state index contributed by atoms with van der Waals surface area (Å²) in [5.74, 6) is -0.243. The molecule has 0 saturated carbocycles. The number of aromatic nitrogens is 2. The third-order valence-corrected chi connectivity index (χ3v) is 3.93. The van der Waals surface area contributed by atoms with E-state index in [9.17, 15) is 9.18 Å². The van der Waals surface area contributed by atoms with Crippen molar-refractivity contribution in [2.75, 3.05) is 10.6 Å². The molecule has 2 aromatic carbocycles. The maximum atomic E-state index is 13.8. The maximum absolute atomic E-state index is 13.8. The first-order chi connectivity index (χ1) is 12.4. The Bertz CT molecular complexity index is 981. The van der Waals surface area contributed by atoms with Crippen molar-refractivity contribution < 1.29 is 9.18 Å². The number of carbonyl (C=O) groups is 1. The molecule has 8 heteroatoms. The van der Waals surface area contributed by atoms with Crippen LogP contribution in [0.15, 0.2) is 48.5 Å². The van der Waals surface area contributed by atoms with Gasteiger partial charge < -0.3 is 10.6 Å². The standard InChI is InChI=1S/C18H13Cl2FN4O/c1-10-22-16(18(26)25-14-7-6-11(19)8-12(14)20)9-17(23-10)24-15-5-3-2-4-13(15)21/h2-9H,1H3,(H,25,26)(H,22,23,24). The zero-order chi connectivity index (χ0) is 18.7. The first kappa shape index (κ1) is 18.1. The van der Waals surface area contributed by atoms with E-state index >= 15 is 0 Å². The Morgan fingerprint density at radius 3 is 2.54 bits per heavy atom. The van der Waals surface area contributed by atoms with E-state index in [0.29, 0.717) is 27.4 Å². The predicted molar refractivity (Wildman–Crippen MR) is 101 cm³/mol. The summed E-state index contributed by atoms with van der Waals surface area (Å²) in [6.07, 6.45) is 0. The molecule has 2 N–H and O–H groups in total. The summed E-state index contributed by atoms with van der Waals surface area (Å²) in [5.41, 5.74) is 0.765. The lowest BCUT2D eigenvalue weighted by Gasteiger charge is -2.10. The van der Waals surface area contributed by atoms with Crippen LogP contribution in [0, 0.1) is 12.7 Å². The highest BCUT2D eigenvalue weighted by atomic mass is 35.5. The van der Waals surface area contributed by atoms with Crippen molar-refractivity contribution in [3.8, 4) is 0 Å². The summed E-state index contributed by atoms with van der Waals surface area (Å²) < 4.78 is 13.8. The van der Waals surface area contributed by atoms with E-state index in [1.54, 1.807) is 37.3 Å². The van der Waals surface area contributed by atoms with Crippen LogP contribution in [0.25, 0.3) is 0 Å². The molecule has 0 radical (unpaired) electrons. The second kappa shape index (κ2) is 7.68. The predicted octanol–water partition coefficient (Wildman–Crippen LogP) is 5.23. The molecule has 5 nitrogen and oxygen atoms in total. The van der Waals surface area contributed by atoms with E-state index in [4.69, 9.17) is 23.2 Å². The monoisotopic (exact) mass is 390 g/mol. The van der Waals surface area contributed by atoms with Crippen LogP contribution in [0.1, 0.15) is 16.3 Å². The summed E-state index contributed by atoms with van der Waals surface area (Å²) in [6, 6.07) is 12.3. The third kappa shape index (κ3) is 4.28. The van der Waals surface area contributed by atoms with Crippen molar-refractivity contribution in [1.29, 1.82) is 0 Å². The Kier molecular flexibility index (Phi) is 5.35. The number of nitrogens with zero attached hydrogens (tertiary/aromatic N) is 2. The van der Waals surface area contributed by atoms with Crippen molar-refractivity contribution >= 4 is 46.3 Å². The number of halogens is 3. The Morgan fingerprint density at radius 1 is 1.04 bits per heavy atom. The van der Waals surface area contributed by atoms with E-state index < -0.39 is 11.7 Å². The minimum Gasteiger partial charge on any atom is -0.338 e. The van der Waals surface area contributed by atoms with Crippen LogP contribution in [0.2, 0.25) is 10.0 Å². The summed E-state index contributed by atoms with van der Waals surface area (Å²) in [4.78, 5) is 20.8. The molecule has 0 spiro atoms. The number of hydrogen-bond acceptors (Lipinski definition) is 4. The molecule has 132 valence electrons. The second-order valence-corrected chi connectivity index (χ2v) is 6.21. The molecule has 3 aromatic rings. The lowest BCUT2D eigenvalue weighted by atomic mass is 10.2. The fourth-order valence-corrected chi connectivity index (χ4v) is 2.68. The van der Waals surface area contributed by atoms with Gasteiger partial charge in [0.25, 0.3) is 5.91 Å². The van der Waals surface area contributed by atoms with Crippen molar-refractivity contribution in [3.05, 3.63) is 75.9 Å². The molecule has 0 aliphatic rings. The van der Waals surface area contributed by atoms with Gasteiger partial charge >= 0.3 is 0 Å². The number of aryl methyl sites for hydroxylation is 1. The minimum absolute atomic E-state index is 0.113. The van der Waals surface area contributed by atoms with Gasteiger partial charge in [-0.3, -0.25) is 4.79 Å². The summed E-state index contributed by atoms with van der Waals surface area (Å²) >= 11 is 11.9. The van der Waals surface area contributed by atoms with E-state index in [2.05, 4.69) is 20.6 Å². The SMILES string of the molecule is Cc1nc(Nc2ccccc2F)cc(C(=O)Nc2ccc(Cl)cc2Cl)n1. The molecular formula is C18H13Cl2FN4O. The van der Waals surface area contributed by atoms with Crippen LogP contribution in [-0.2, 0) is 0 Å². The number of nitrogens with one attached hydrogen (secondary N) is 2. The van der Waals surface area contributed by atoms with E-state index in [1.807, 2.05) is 0 Å². The van der Waals surface area contributed by atoms with Gasteiger partial charge in [-0.05, 0) is 37.3 Å². The highest BCUT2D eigenvalue weighted by Crippen LogP contribution is 2.26. The summed E-state index contributed by atoms with van der Waals surface area (Å²) in [5, 5.41) is 6.27. The number of benzene rings is 2. The number of carbonyl (C=O) groups excluding carboxylic acids is 1. The van der Waals surface area contributed by atoms with Crippen LogP contribution in [0.3, 0.4) is 0 Å². The molecule has 0 saturated heterocycles. The van der Waals surface area contributed by atoms with Gasteiger partial charge in [-0.15, -0.1) is 0 Å². The lowest BCUT2D eigenvalue weighted by molar-refractivity contribution is 0.102. The van der Waals surface area contributed by atoms with Crippen LogP contribution < -0.4 is 10.6 Å². The third-order valence-electron chi connectivity index (χ3n) is 3.39. The van der Waals surface area contributed by atoms with Gasteiger partial charge in [0.15, 0.2) is 0 Å². The lowest BCUT2D eigenvalue weighted by Crippen LogP contribution is -2.15. The molecule has 0 aliphatic heterocycles. The van der Waals surface area contributed by atoms with Crippen molar-refractivity contribution in [2.24, 2.45) is 0 Å². The number of amides is 1. The van der Waals surface area contributed by atoms with Crippen LogP contribution in [0.5, 0.6) is 0 Å². The number of para-hydroxylation sites is 1. The van der Waals surface area contributed by atoms with Gasteiger partial charge in [0.2, 0.25) is 0 Å². The fraction of sp³-hybridized carbons (Fsp3) is 0.0556. The minimum atomic E-state index is -0.476. The largest absolute Gasteiger partial charge is 0.338 e. The topological polar surface area (TPSA) is 66.9 Å². The van der Waals surface area contributed by atoms with Gasteiger partial charge in [0.05, 0.1) is 16.4 Å². The van der Waals surface area contributed by atoms with Crippen molar-refractivity contribution in [2.45, 2.75) is 6.92 Å². The van der Waals surface area contributed by atoms with Gasteiger partial charge in [-0.2, -0.15) is 0 Å². The highest BCUT2D eigenvalue weighted by molar-refractivity contribution is 6.36. The van der Waals surface area contributed by atoms with E-state index in [-0.39, 0.29) is 11.4 Å². The smallest absolute Gasteiger partial charge is 0.274 e. The Labute approximate surface area is 159 Å².